The minimum atomic E-state index is -0.575. The number of nitrogens with one attached hydrogen (secondary N) is 1. The molecule has 2 heterocycles. The Balaban J connectivity index is 1.94. The topological polar surface area (TPSA) is 93.7 Å². The lowest BCUT2D eigenvalue weighted by molar-refractivity contribution is 0.0270. The summed E-state index contributed by atoms with van der Waals surface area (Å²) in [4.78, 5) is 29.8. The first-order valence-corrected chi connectivity index (χ1v) is 9.21. The largest absolute Gasteiger partial charge is 0.444 e. The molecule has 0 aliphatic carbocycles. The Morgan fingerprint density at radius 2 is 1.81 bits per heavy atom. The van der Waals surface area contributed by atoms with E-state index in [0.29, 0.717) is 30.5 Å². The monoisotopic (exact) mass is 382 g/mol. The first-order valence-electron chi connectivity index (χ1n) is 8.44. The van der Waals surface area contributed by atoms with E-state index in [-0.39, 0.29) is 6.09 Å². The van der Waals surface area contributed by atoms with Crippen molar-refractivity contribution in [2.24, 2.45) is 0 Å². The molecule has 1 N–H and O–H groups in total. The van der Waals surface area contributed by atoms with E-state index in [0.717, 1.165) is 17.1 Å². The maximum atomic E-state index is 12.1. The number of hydrogen-bond donors (Lipinski definition) is 1. The predicted molar refractivity (Wildman–Crippen MR) is 100 cm³/mol. The molecule has 0 saturated heterocycles. The van der Waals surface area contributed by atoms with E-state index in [1.54, 1.807) is 25.7 Å². The third-order valence-corrected chi connectivity index (χ3v) is 3.81. The average molecular weight is 382 g/mol. The Hall–Kier alpha value is -2.16. The molecule has 1 aromatic rings. The van der Waals surface area contributed by atoms with Crippen molar-refractivity contribution in [3.8, 4) is 0 Å². The summed E-state index contributed by atoms with van der Waals surface area (Å²) < 4.78 is 14.8. The van der Waals surface area contributed by atoms with Crippen LogP contribution in [0.25, 0.3) is 5.57 Å². The quantitative estimate of drug-likeness (QED) is 0.833. The predicted octanol–water partition coefficient (Wildman–Crippen LogP) is 3.91. The van der Waals surface area contributed by atoms with Gasteiger partial charge in [-0.25, -0.2) is 9.59 Å². The van der Waals surface area contributed by atoms with Crippen LogP contribution in [0.2, 0.25) is 0 Å². The van der Waals surface area contributed by atoms with Crippen molar-refractivity contribution in [1.82, 2.24) is 14.3 Å². The molecule has 0 spiro atoms. The third-order valence-electron chi connectivity index (χ3n) is 3.18. The summed E-state index contributed by atoms with van der Waals surface area (Å²) >= 11 is 1.09. The van der Waals surface area contributed by atoms with Crippen molar-refractivity contribution < 1.29 is 19.1 Å². The lowest BCUT2D eigenvalue weighted by Crippen LogP contribution is -2.39. The molecule has 0 fully saturated rings. The number of anilines is 1. The molecule has 2 rings (SSSR count). The fourth-order valence-corrected chi connectivity index (χ4v) is 2.75. The average Bonchev–Trinajstić information content (AvgIpc) is 2.92. The number of carbonyl (C=O) groups is 2. The van der Waals surface area contributed by atoms with Crippen LogP contribution in [0.4, 0.5) is 14.7 Å². The van der Waals surface area contributed by atoms with Gasteiger partial charge in [-0.2, -0.15) is 9.36 Å². The highest BCUT2D eigenvalue weighted by molar-refractivity contribution is 7.09. The van der Waals surface area contributed by atoms with Gasteiger partial charge in [-0.05, 0) is 53.5 Å². The van der Waals surface area contributed by atoms with Crippen molar-refractivity contribution in [3.05, 3.63) is 11.9 Å². The highest BCUT2D eigenvalue weighted by Gasteiger charge is 2.25. The van der Waals surface area contributed by atoms with Crippen molar-refractivity contribution in [2.45, 2.75) is 59.2 Å². The molecule has 0 bridgehead atoms. The highest BCUT2D eigenvalue weighted by atomic mass is 32.1. The van der Waals surface area contributed by atoms with Gasteiger partial charge in [0, 0.05) is 24.6 Å². The van der Waals surface area contributed by atoms with Crippen LogP contribution in [-0.2, 0) is 9.47 Å². The standard InChI is InChI=1S/C17H26N4O4S/c1-16(2,3)24-14(22)19-13-18-12(20-26-13)11-7-9-21(10-8-11)15(23)25-17(4,5)6/h7H,8-10H2,1-6H3,(H,18,19,20,22). The Labute approximate surface area is 157 Å². The molecular weight excluding hydrogens is 356 g/mol. The number of amides is 2. The van der Waals surface area contributed by atoms with E-state index in [1.807, 2.05) is 26.8 Å². The van der Waals surface area contributed by atoms with Gasteiger partial charge in [-0.3, -0.25) is 5.32 Å². The number of hydrogen-bond acceptors (Lipinski definition) is 7. The number of nitrogens with zero attached hydrogens (tertiary/aromatic N) is 3. The molecule has 0 radical (unpaired) electrons. The van der Waals surface area contributed by atoms with Crippen LogP contribution in [0.3, 0.4) is 0 Å². The van der Waals surface area contributed by atoms with E-state index in [1.165, 1.54) is 0 Å². The molecule has 144 valence electrons. The van der Waals surface area contributed by atoms with Gasteiger partial charge in [0.15, 0.2) is 5.82 Å². The summed E-state index contributed by atoms with van der Waals surface area (Å²) in [7, 11) is 0. The van der Waals surface area contributed by atoms with Crippen LogP contribution in [0.1, 0.15) is 53.8 Å². The van der Waals surface area contributed by atoms with Crippen LogP contribution in [0, 0.1) is 0 Å². The molecule has 0 saturated carbocycles. The van der Waals surface area contributed by atoms with Crippen LogP contribution in [0.5, 0.6) is 0 Å². The van der Waals surface area contributed by atoms with Gasteiger partial charge < -0.3 is 14.4 Å². The molecule has 0 atom stereocenters. The summed E-state index contributed by atoms with van der Waals surface area (Å²) in [5.74, 6) is 0.560. The number of ether oxygens (including phenoxy) is 2. The first kappa shape index (κ1) is 20.2. The Morgan fingerprint density at radius 1 is 1.15 bits per heavy atom. The molecule has 8 nitrogen and oxygen atoms in total. The summed E-state index contributed by atoms with van der Waals surface area (Å²) in [6, 6.07) is 0. The van der Waals surface area contributed by atoms with Gasteiger partial charge in [-0.15, -0.1) is 0 Å². The van der Waals surface area contributed by atoms with Crippen LogP contribution >= 0.6 is 11.5 Å². The fourth-order valence-electron chi connectivity index (χ4n) is 2.16. The zero-order valence-corrected chi connectivity index (χ0v) is 16.9. The van der Waals surface area contributed by atoms with E-state index in [9.17, 15) is 9.59 Å². The molecular formula is C17H26N4O4S. The van der Waals surface area contributed by atoms with Crippen molar-refractivity contribution in [3.63, 3.8) is 0 Å². The van der Waals surface area contributed by atoms with Gasteiger partial charge >= 0.3 is 12.2 Å². The van der Waals surface area contributed by atoms with Gasteiger partial charge in [0.1, 0.15) is 11.2 Å². The van der Waals surface area contributed by atoms with Crippen LogP contribution in [-0.4, -0.2) is 50.7 Å². The Morgan fingerprint density at radius 3 is 2.35 bits per heavy atom. The summed E-state index contributed by atoms with van der Waals surface area (Å²) in [5, 5.41) is 2.96. The maximum absolute atomic E-state index is 12.1. The molecule has 0 unspecified atom stereocenters. The van der Waals surface area contributed by atoms with E-state index >= 15 is 0 Å². The van der Waals surface area contributed by atoms with Gasteiger partial charge in [0.2, 0.25) is 5.13 Å². The Kier molecular flexibility index (Phi) is 5.90. The van der Waals surface area contributed by atoms with E-state index in [4.69, 9.17) is 9.47 Å². The van der Waals surface area contributed by atoms with Crippen LogP contribution in [0.15, 0.2) is 6.08 Å². The van der Waals surface area contributed by atoms with Crippen molar-refractivity contribution >= 4 is 34.4 Å². The zero-order valence-electron chi connectivity index (χ0n) is 16.1. The molecule has 0 aromatic carbocycles. The second-order valence-electron chi connectivity index (χ2n) is 7.96. The number of rotatable bonds is 2. The molecule has 26 heavy (non-hydrogen) atoms. The molecule has 1 aromatic heterocycles. The molecule has 1 aliphatic heterocycles. The summed E-state index contributed by atoms with van der Waals surface area (Å²) in [6.45, 7) is 11.9. The van der Waals surface area contributed by atoms with E-state index < -0.39 is 17.3 Å². The number of aromatic nitrogens is 2. The molecule has 2 amide bonds. The normalized spacial score (nSPS) is 15.3. The minimum Gasteiger partial charge on any atom is -0.444 e. The molecule has 1 aliphatic rings. The SMILES string of the molecule is CC(C)(C)OC(=O)Nc1nc(C2=CCN(C(=O)OC(C)(C)C)CC2)ns1. The fraction of sp³-hybridized carbons (Fsp3) is 0.647. The smallest absolute Gasteiger partial charge is 0.414 e. The van der Waals surface area contributed by atoms with Crippen LogP contribution < -0.4 is 5.32 Å². The molecule has 9 heteroatoms. The Bertz CT molecular complexity index is 700. The van der Waals surface area contributed by atoms with E-state index in [2.05, 4.69) is 14.7 Å². The van der Waals surface area contributed by atoms with Gasteiger partial charge in [0.25, 0.3) is 0 Å². The summed E-state index contributed by atoms with van der Waals surface area (Å²) in [5.41, 5.74) is -0.146. The highest BCUT2D eigenvalue weighted by Crippen LogP contribution is 2.24. The maximum Gasteiger partial charge on any atom is 0.414 e. The second kappa shape index (κ2) is 7.61. The lowest BCUT2D eigenvalue weighted by atomic mass is 10.1. The summed E-state index contributed by atoms with van der Waals surface area (Å²) in [6.07, 6.45) is 1.65. The lowest BCUT2D eigenvalue weighted by Gasteiger charge is -2.29. The van der Waals surface area contributed by atoms with Crippen molar-refractivity contribution in [2.75, 3.05) is 18.4 Å². The van der Waals surface area contributed by atoms with Gasteiger partial charge in [-0.1, -0.05) is 6.08 Å². The number of carbonyl (C=O) groups excluding carboxylic acids is 2. The first-order chi connectivity index (χ1) is 11.9. The zero-order chi connectivity index (χ0) is 19.5. The second-order valence-corrected chi connectivity index (χ2v) is 8.71. The van der Waals surface area contributed by atoms with Gasteiger partial charge in [0.05, 0.1) is 0 Å². The van der Waals surface area contributed by atoms with Crippen molar-refractivity contribution in [1.29, 1.82) is 0 Å². The third kappa shape index (κ3) is 6.29. The minimum absolute atomic E-state index is 0.327.